The normalized spacial score (nSPS) is 17.4. The van der Waals surface area contributed by atoms with Crippen molar-refractivity contribution in [3.05, 3.63) is 35.7 Å². The minimum absolute atomic E-state index is 0.290. The molecule has 3 aromatic rings. The molecule has 0 aromatic carbocycles. The van der Waals surface area contributed by atoms with E-state index in [1.807, 2.05) is 41.9 Å². The highest BCUT2D eigenvalue weighted by Crippen LogP contribution is 2.32. The van der Waals surface area contributed by atoms with E-state index in [9.17, 15) is 0 Å². The molecule has 2 fully saturated rings. The Labute approximate surface area is 176 Å². The number of hydrogen-bond acceptors (Lipinski definition) is 6. The summed E-state index contributed by atoms with van der Waals surface area (Å²) in [5.74, 6) is 2.26. The fourth-order valence-electron chi connectivity index (χ4n) is 4.18. The molecule has 0 spiro atoms. The summed E-state index contributed by atoms with van der Waals surface area (Å²) in [5, 5.41) is 13.1. The molecule has 0 unspecified atom stereocenters. The molecule has 0 bridgehead atoms. The minimum Gasteiger partial charge on any atom is -0.487 e. The Morgan fingerprint density at radius 2 is 1.93 bits per heavy atom. The van der Waals surface area contributed by atoms with Gasteiger partial charge in [0.1, 0.15) is 0 Å². The molecule has 5 rings (SSSR count). The van der Waals surface area contributed by atoms with Crippen molar-refractivity contribution in [2.75, 3.05) is 0 Å². The summed E-state index contributed by atoms with van der Waals surface area (Å²) in [6.45, 7) is 2.58. The van der Waals surface area contributed by atoms with E-state index in [-0.39, 0.29) is 6.10 Å². The van der Waals surface area contributed by atoms with Gasteiger partial charge >= 0.3 is 0 Å². The molecule has 0 amide bonds. The predicted octanol–water partition coefficient (Wildman–Crippen LogP) is 3.49. The van der Waals surface area contributed by atoms with Crippen LogP contribution in [0.2, 0.25) is 0 Å². The molecule has 8 heteroatoms. The van der Waals surface area contributed by atoms with Crippen LogP contribution in [-0.2, 0) is 20.0 Å². The molecule has 0 atom stereocenters. The van der Waals surface area contributed by atoms with Gasteiger partial charge in [0.2, 0.25) is 0 Å². The molecule has 0 N–H and O–H groups in total. The minimum atomic E-state index is 0.290. The van der Waals surface area contributed by atoms with Crippen LogP contribution in [-0.4, -0.2) is 40.8 Å². The van der Waals surface area contributed by atoms with E-state index < -0.39 is 0 Å². The molecule has 0 radical (unpaired) electrons. The van der Waals surface area contributed by atoms with Gasteiger partial charge in [-0.25, -0.2) is 14.6 Å². The van der Waals surface area contributed by atoms with Crippen molar-refractivity contribution in [3.63, 3.8) is 0 Å². The van der Waals surface area contributed by atoms with E-state index in [1.54, 1.807) is 0 Å². The van der Waals surface area contributed by atoms with Crippen LogP contribution >= 0.6 is 0 Å². The third-order valence-corrected chi connectivity index (χ3v) is 6.18. The van der Waals surface area contributed by atoms with Gasteiger partial charge in [0.15, 0.2) is 11.6 Å². The first-order valence-electron chi connectivity index (χ1n) is 11.1. The van der Waals surface area contributed by atoms with Gasteiger partial charge in [0.05, 0.1) is 47.7 Å². The van der Waals surface area contributed by atoms with E-state index in [1.165, 1.54) is 32.1 Å². The molecule has 3 aromatic heterocycles. The Bertz CT molecular complexity index is 1010. The first-order chi connectivity index (χ1) is 14.7. The van der Waals surface area contributed by atoms with E-state index in [2.05, 4.69) is 20.4 Å². The summed E-state index contributed by atoms with van der Waals surface area (Å²) in [7, 11) is 1.94. The van der Waals surface area contributed by atoms with Crippen LogP contribution in [0.1, 0.15) is 62.0 Å². The molecular weight excluding hydrogens is 378 g/mol. The molecule has 3 heterocycles. The fraction of sp³-hybridized carbons (Fsp3) is 0.591. The third-order valence-electron chi connectivity index (χ3n) is 6.18. The maximum atomic E-state index is 6.18. The van der Waals surface area contributed by atoms with Gasteiger partial charge in [-0.15, -0.1) is 5.10 Å². The Morgan fingerprint density at radius 3 is 2.70 bits per heavy atom. The van der Waals surface area contributed by atoms with Crippen LogP contribution in [0, 0.1) is 12.8 Å². The lowest BCUT2D eigenvalue weighted by molar-refractivity contribution is 0.152. The van der Waals surface area contributed by atoms with Gasteiger partial charge in [0, 0.05) is 13.2 Å². The average molecular weight is 408 g/mol. The van der Waals surface area contributed by atoms with E-state index in [4.69, 9.17) is 9.72 Å². The Balaban J connectivity index is 1.34. The molecule has 30 heavy (non-hydrogen) atoms. The second-order valence-corrected chi connectivity index (χ2v) is 8.70. The van der Waals surface area contributed by atoms with E-state index >= 15 is 0 Å². The Hall–Kier alpha value is -2.77. The molecular formula is C22H29N7O. The van der Waals surface area contributed by atoms with Crippen molar-refractivity contribution >= 4 is 0 Å². The standard InChI is InChI=1S/C22H29N7O/c1-15-21(30-18-6-4-3-5-7-18)12-23-22(25-15)19-11-24-28(2)20(19)14-29-13-17(26-27-29)10-16-8-9-16/h11-13,16,18H,3-10,14H2,1-2H3. The molecule has 2 saturated carbocycles. The fourth-order valence-corrected chi connectivity index (χ4v) is 4.18. The summed E-state index contributed by atoms with van der Waals surface area (Å²) in [4.78, 5) is 9.35. The SMILES string of the molecule is Cc1nc(-c2cnn(C)c2Cn2cc(CC3CC3)nn2)ncc1OC1CCCCC1. The lowest BCUT2D eigenvalue weighted by Gasteiger charge is -2.23. The number of hydrogen-bond donors (Lipinski definition) is 0. The van der Waals surface area contributed by atoms with E-state index in [0.29, 0.717) is 12.4 Å². The molecule has 0 aliphatic heterocycles. The number of rotatable bonds is 7. The zero-order valence-corrected chi connectivity index (χ0v) is 17.8. The predicted molar refractivity (Wildman–Crippen MR) is 112 cm³/mol. The quantitative estimate of drug-likeness (QED) is 0.596. The monoisotopic (exact) mass is 407 g/mol. The van der Waals surface area contributed by atoms with Crippen LogP contribution in [0.25, 0.3) is 11.4 Å². The van der Waals surface area contributed by atoms with Gasteiger partial charge < -0.3 is 4.74 Å². The van der Waals surface area contributed by atoms with Gasteiger partial charge in [-0.05, 0) is 57.8 Å². The van der Waals surface area contributed by atoms with Crippen LogP contribution in [0.3, 0.4) is 0 Å². The lowest BCUT2D eigenvalue weighted by atomic mass is 9.98. The van der Waals surface area contributed by atoms with Gasteiger partial charge in [-0.1, -0.05) is 11.6 Å². The van der Waals surface area contributed by atoms with Crippen molar-refractivity contribution in [2.24, 2.45) is 13.0 Å². The largest absolute Gasteiger partial charge is 0.487 e. The van der Waals surface area contributed by atoms with Crippen molar-refractivity contribution in [2.45, 2.75) is 70.9 Å². The second kappa shape index (κ2) is 8.16. The second-order valence-electron chi connectivity index (χ2n) is 8.70. The highest BCUT2D eigenvalue weighted by Gasteiger charge is 2.23. The van der Waals surface area contributed by atoms with Gasteiger partial charge in [-0.2, -0.15) is 5.10 Å². The highest BCUT2D eigenvalue weighted by molar-refractivity contribution is 5.58. The van der Waals surface area contributed by atoms with Crippen LogP contribution in [0.15, 0.2) is 18.6 Å². The molecule has 8 nitrogen and oxygen atoms in total. The van der Waals surface area contributed by atoms with Gasteiger partial charge in [-0.3, -0.25) is 4.68 Å². The van der Waals surface area contributed by atoms with Crippen molar-refractivity contribution in [3.8, 4) is 17.1 Å². The van der Waals surface area contributed by atoms with Crippen molar-refractivity contribution in [1.82, 2.24) is 34.7 Å². The van der Waals surface area contributed by atoms with Gasteiger partial charge in [0.25, 0.3) is 0 Å². The average Bonchev–Trinajstić information content (AvgIpc) is 3.34. The first-order valence-corrected chi connectivity index (χ1v) is 11.1. The number of aromatic nitrogens is 7. The number of nitrogens with zero attached hydrogens (tertiary/aromatic N) is 7. The zero-order chi connectivity index (χ0) is 20.5. The highest BCUT2D eigenvalue weighted by atomic mass is 16.5. The maximum absolute atomic E-state index is 6.18. The molecule has 2 aliphatic carbocycles. The van der Waals surface area contributed by atoms with Crippen LogP contribution in [0.4, 0.5) is 0 Å². The summed E-state index contributed by atoms with van der Waals surface area (Å²) in [6.07, 6.45) is 15.7. The van der Waals surface area contributed by atoms with Crippen molar-refractivity contribution < 1.29 is 4.74 Å². The third kappa shape index (κ3) is 4.22. The zero-order valence-electron chi connectivity index (χ0n) is 17.8. The maximum Gasteiger partial charge on any atom is 0.163 e. The summed E-state index contributed by atoms with van der Waals surface area (Å²) in [6, 6.07) is 0. The number of aryl methyl sites for hydroxylation is 2. The molecule has 158 valence electrons. The first kappa shape index (κ1) is 19.2. The smallest absolute Gasteiger partial charge is 0.163 e. The topological polar surface area (TPSA) is 83.5 Å². The van der Waals surface area contributed by atoms with Crippen LogP contribution < -0.4 is 4.74 Å². The number of ether oxygens (including phenoxy) is 1. The summed E-state index contributed by atoms with van der Waals surface area (Å²) >= 11 is 0. The molecule has 2 aliphatic rings. The van der Waals surface area contributed by atoms with Crippen molar-refractivity contribution in [1.29, 1.82) is 0 Å². The summed E-state index contributed by atoms with van der Waals surface area (Å²) in [5.41, 5.74) is 3.87. The Kier molecular flexibility index (Phi) is 5.23. The van der Waals surface area contributed by atoms with Crippen LogP contribution in [0.5, 0.6) is 5.75 Å². The van der Waals surface area contributed by atoms with E-state index in [0.717, 1.165) is 53.6 Å². The molecule has 0 saturated heterocycles. The lowest BCUT2D eigenvalue weighted by Crippen LogP contribution is -2.20. The summed E-state index contributed by atoms with van der Waals surface area (Å²) < 4.78 is 9.92. The Morgan fingerprint density at radius 1 is 1.10 bits per heavy atom.